The van der Waals surface area contributed by atoms with Crippen molar-refractivity contribution >= 4 is 44.8 Å². The molecule has 0 saturated heterocycles. The van der Waals surface area contributed by atoms with Crippen LogP contribution < -0.4 is 10.6 Å². The Morgan fingerprint density at radius 1 is 1.16 bits per heavy atom. The number of fused-ring (bicyclic) bond motifs is 1. The minimum absolute atomic E-state index is 0.129. The van der Waals surface area contributed by atoms with Gasteiger partial charge in [0.25, 0.3) is 0 Å². The number of rotatable bonds is 6. The molecule has 0 bridgehead atoms. The van der Waals surface area contributed by atoms with E-state index in [-0.39, 0.29) is 16.3 Å². The van der Waals surface area contributed by atoms with E-state index in [1.165, 1.54) is 17.0 Å². The minimum atomic E-state index is -3.80. The molecule has 0 aliphatic carbocycles. The lowest BCUT2D eigenvalue weighted by atomic mass is 9.95. The Labute approximate surface area is 226 Å². The number of hydrogen-bond donors (Lipinski definition) is 2. The number of carbonyl (C=O) groups is 1. The van der Waals surface area contributed by atoms with Crippen LogP contribution in [-0.4, -0.2) is 32.4 Å². The molecule has 0 radical (unpaired) electrons. The van der Waals surface area contributed by atoms with E-state index < -0.39 is 27.7 Å². The number of anilines is 1. The van der Waals surface area contributed by atoms with E-state index in [0.29, 0.717) is 27.2 Å². The number of nitrogens with zero attached hydrogens (tertiary/aromatic N) is 1. The first-order chi connectivity index (χ1) is 17.5. The molecule has 0 spiro atoms. The Morgan fingerprint density at radius 3 is 2.65 bits per heavy atom. The summed E-state index contributed by atoms with van der Waals surface area (Å²) < 4.78 is 41.0. The summed E-state index contributed by atoms with van der Waals surface area (Å²) >= 11 is 12.4. The second-order valence-electron chi connectivity index (χ2n) is 9.35. The standard InChI is InChI=1S/C27H28Cl2FN3O3S/c1-16-11-20-12-18(7-8-19(20)14-31-16)15-37(35,36)21-9-10-25(24(30)13-21)32-27(34)33(3)17(2)22-5-4-6-23(28)26(22)29/h4-10,12-13,16-17,31H,11,14-15H2,1-3H3,(H,32,34). The van der Waals surface area contributed by atoms with Crippen molar-refractivity contribution < 1.29 is 17.6 Å². The van der Waals surface area contributed by atoms with Crippen molar-refractivity contribution in [1.29, 1.82) is 0 Å². The molecule has 3 aromatic rings. The quantitative estimate of drug-likeness (QED) is 0.365. The van der Waals surface area contributed by atoms with E-state index in [2.05, 4.69) is 17.6 Å². The zero-order valence-corrected chi connectivity index (χ0v) is 23.0. The van der Waals surface area contributed by atoms with E-state index in [1.807, 2.05) is 12.1 Å². The van der Waals surface area contributed by atoms with Crippen LogP contribution in [0, 0.1) is 5.82 Å². The molecule has 6 nitrogen and oxygen atoms in total. The SMILES string of the molecule is CC1Cc2cc(CS(=O)(=O)c3ccc(NC(=O)N(C)C(C)c4cccc(Cl)c4Cl)c(F)c3)ccc2CN1. The van der Waals surface area contributed by atoms with Gasteiger partial charge in [-0.3, -0.25) is 0 Å². The van der Waals surface area contributed by atoms with E-state index in [0.717, 1.165) is 30.2 Å². The third-order valence-electron chi connectivity index (χ3n) is 6.67. The van der Waals surface area contributed by atoms with Gasteiger partial charge in [-0.05, 0) is 66.8 Å². The molecule has 196 valence electrons. The minimum Gasteiger partial charge on any atom is -0.321 e. The van der Waals surface area contributed by atoms with Crippen molar-refractivity contribution in [3.05, 3.63) is 92.7 Å². The van der Waals surface area contributed by atoms with Crippen molar-refractivity contribution in [3.63, 3.8) is 0 Å². The van der Waals surface area contributed by atoms with Crippen molar-refractivity contribution in [1.82, 2.24) is 10.2 Å². The van der Waals surface area contributed by atoms with Crippen molar-refractivity contribution in [3.8, 4) is 0 Å². The van der Waals surface area contributed by atoms with Crippen LogP contribution in [0.15, 0.2) is 59.5 Å². The summed E-state index contributed by atoms with van der Waals surface area (Å²) in [6, 6.07) is 13.5. The second kappa shape index (κ2) is 11.0. The fourth-order valence-electron chi connectivity index (χ4n) is 4.34. The molecule has 37 heavy (non-hydrogen) atoms. The first-order valence-corrected chi connectivity index (χ1v) is 14.2. The van der Waals surface area contributed by atoms with Gasteiger partial charge in [0, 0.05) is 19.6 Å². The topological polar surface area (TPSA) is 78.5 Å². The summed E-state index contributed by atoms with van der Waals surface area (Å²) in [6.07, 6.45) is 0.822. The monoisotopic (exact) mass is 563 g/mol. The number of amides is 2. The van der Waals surface area contributed by atoms with E-state index >= 15 is 0 Å². The number of carbonyl (C=O) groups excluding carboxylic acids is 1. The van der Waals surface area contributed by atoms with Gasteiger partial charge in [-0.2, -0.15) is 0 Å². The van der Waals surface area contributed by atoms with Crippen molar-refractivity contribution in [2.45, 2.75) is 49.5 Å². The maximum Gasteiger partial charge on any atom is 0.322 e. The van der Waals surface area contributed by atoms with Gasteiger partial charge in [0.1, 0.15) is 5.82 Å². The third-order valence-corrected chi connectivity index (χ3v) is 9.19. The molecule has 2 atom stereocenters. The maximum atomic E-state index is 14.9. The number of benzene rings is 3. The molecule has 0 saturated carbocycles. The number of urea groups is 1. The summed E-state index contributed by atoms with van der Waals surface area (Å²) in [5.41, 5.74) is 3.45. The van der Waals surface area contributed by atoms with Crippen LogP contribution in [0.2, 0.25) is 10.0 Å². The summed E-state index contributed by atoms with van der Waals surface area (Å²) in [6.45, 7) is 4.60. The third kappa shape index (κ3) is 6.09. The average molecular weight is 565 g/mol. The first-order valence-electron chi connectivity index (χ1n) is 11.8. The largest absolute Gasteiger partial charge is 0.322 e. The van der Waals surface area contributed by atoms with Crippen molar-refractivity contribution in [2.24, 2.45) is 0 Å². The van der Waals surface area contributed by atoms with Crippen LogP contribution in [0.3, 0.4) is 0 Å². The molecule has 1 heterocycles. The normalized spacial score (nSPS) is 16.1. The molecule has 0 fully saturated rings. The Kier molecular flexibility index (Phi) is 8.14. The number of nitrogens with one attached hydrogen (secondary N) is 2. The predicted octanol–water partition coefficient (Wildman–Crippen LogP) is 6.37. The molecule has 3 aromatic carbocycles. The fraction of sp³-hybridized carbons (Fsp3) is 0.296. The molecule has 1 aliphatic heterocycles. The second-order valence-corrected chi connectivity index (χ2v) is 12.1. The first kappa shape index (κ1) is 27.4. The highest BCUT2D eigenvalue weighted by Gasteiger charge is 2.23. The van der Waals surface area contributed by atoms with Gasteiger partial charge >= 0.3 is 6.03 Å². The van der Waals surface area contributed by atoms with Crippen molar-refractivity contribution in [2.75, 3.05) is 12.4 Å². The van der Waals surface area contributed by atoms with Gasteiger partial charge < -0.3 is 15.5 Å². The van der Waals surface area contributed by atoms with Gasteiger partial charge in [0.2, 0.25) is 0 Å². The summed E-state index contributed by atoms with van der Waals surface area (Å²) in [5.74, 6) is -1.09. The Bertz CT molecular complexity index is 1450. The van der Waals surface area contributed by atoms with Gasteiger partial charge in [0.15, 0.2) is 9.84 Å². The number of halogens is 3. The summed E-state index contributed by atoms with van der Waals surface area (Å²) in [5, 5.41) is 6.58. The van der Waals surface area contributed by atoms with Gasteiger partial charge in [-0.25, -0.2) is 17.6 Å². The average Bonchev–Trinajstić information content (AvgIpc) is 2.85. The zero-order valence-electron chi connectivity index (χ0n) is 20.7. The lowest BCUT2D eigenvalue weighted by molar-refractivity contribution is 0.208. The Balaban J connectivity index is 1.47. The van der Waals surface area contributed by atoms with Gasteiger partial charge in [0.05, 0.1) is 32.4 Å². The highest BCUT2D eigenvalue weighted by molar-refractivity contribution is 7.90. The molecule has 10 heteroatoms. The smallest absolute Gasteiger partial charge is 0.321 e. The summed E-state index contributed by atoms with van der Waals surface area (Å²) in [7, 11) is -2.26. The Morgan fingerprint density at radius 2 is 1.92 bits per heavy atom. The summed E-state index contributed by atoms with van der Waals surface area (Å²) in [4.78, 5) is 14.0. The molecule has 2 N–H and O–H groups in total. The molecule has 2 unspecified atom stereocenters. The molecule has 4 rings (SSSR count). The molecular weight excluding hydrogens is 536 g/mol. The fourth-order valence-corrected chi connectivity index (χ4v) is 6.15. The van der Waals surface area contributed by atoms with E-state index in [9.17, 15) is 17.6 Å². The lowest BCUT2D eigenvalue weighted by Crippen LogP contribution is -2.34. The maximum absolute atomic E-state index is 14.9. The molecule has 0 aromatic heterocycles. The molecule has 1 aliphatic rings. The van der Waals surface area contributed by atoms with E-state index in [4.69, 9.17) is 23.2 Å². The molecule has 2 amide bonds. The van der Waals surface area contributed by atoms with Crippen LogP contribution in [0.5, 0.6) is 0 Å². The molecular formula is C27H28Cl2FN3O3S. The van der Waals surface area contributed by atoms with E-state index in [1.54, 1.807) is 38.2 Å². The lowest BCUT2D eigenvalue weighted by Gasteiger charge is -2.26. The number of sulfone groups is 1. The number of hydrogen-bond acceptors (Lipinski definition) is 4. The van der Waals surface area contributed by atoms with Gasteiger partial charge in [-0.15, -0.1) is 0 Å². The van der Waals surface area contributed by atoms with Gasteiger partial charge in [-0.1, -0.05) is 53.5 Å². The van der Waals surface area contributed by atoms with Crippen LogP contribution in [-0.2, 0) is 28.6 Å². The van der Waals surface area contributed by atoms with Crippen LogP contribution >= 0.6 is 23.2 Å². The zero-order chi connectivity index (χ0) is 26.9. The van der Waals surface area contributed by atoms with Crippen LogP contribution in [0.1, 0.15) is 42.1 Å². The highest BCUT2D eigenvalue weighted by atomic mass is 35.5. The Hall–Kier alpha value is -2.65. The predicted molar refractivity (Wildman–Crippen MR) is 145 cm³/mol. The highest BCUT2D eigenvalue weighted by Crippen LogP contribution is 2.32. The van der Waals surface area contributed by atoms with Crippen LogP contribution in [0.4, 0.5) is 14.9 Å². The van der Waals surface area contributed by atoms with Crippen LogP contribution in [0.25, 0.3) is 0 Å².